The van der Waals surface area contributed by atoms with Crippen LogP contribution < -0.4 is 0 Å². The number of benzene rings is 2. The molecule has 0 aliphatic heterocycles. The van der Waals surface area contributed by atoms with E-state index in [1.165, 1.54) is 19.2 Å². The molecule has 1 aliphatic rings. The number of aromatic hydroxyl groups is 1. The second kappa shape index (κ2) is 4.56. The molecule has 1 N–H and O–H groups in total. The molecule has 0 atom stereocenters. The molecule has 104 valence electrons. The van der Waals surface area contributed by atoms with Gasteiger partial charge in [0.1, 0.15) is 5.75 Å². The maximum Gasteiger partial charge on any atom is 0.338 e. The molecule has 0 spiro atoms. The molecule has 0 unspecified atom stereocenters. The number of phenols is 1. The van der Waals surface area contributed by atoms with Gasteiger partial charge in [-0.05, 0) is 12.1 Å². The molecule has 0 radical (unpaired) electrons. The van der Waals surface area contributed by atoms with Gasteiger partial charge in [-0.1, -0.05) is 24.3 Å². The van der Waals surface area contributed by atoms with Gasteiger partial charge < -0.3 is 9.84 Å². The van der Waals surface area contributed by atoms with Crippen molar-refractivity contribution < 1.29 is 24.2 Å². The van der Waals surface area contributed by atoms with Gasteiger partial charge >= 0.3 is 5.97 Å². The third-order valence-electron chi connectivity index (χ3n) is 3.43. The Kier molecular flexibility index (Phi) is 2.83. The topological polar surface area (TPSA) is 80.7 Å². The second-order valence-corrected chi connectivity index (χ2v) is 4.61. The van der Waals surface area contributed by atoms with Crippen molar-refractivity contribution in [2.24, 2.45) is 0 Å². The normalized spacial score (nSPS) is 12.6. The van der Waals surface area contributed by atoms with Crippen molar-refractivity contribution in [1.82, 2.24) is 0 Å². The third-order valence-corrected chi connectivity index (χ3v) is 3.43. The predicted octanol–water partition coefficient (Wildman–Crippen LogP) is 1.95. The van der Waals surface area contributed by atoms with Crippen LogP contribution in [0.4, 0.5) is 0 Å². The number of carbonyl (C=O) groups excluding carboxylic acids is 3. The number of ether oxygens (including phenoxy) is 1. The molecular weight excluding hydrogens is 272 g/mol. The van der Waals surface area contributed by atoms with E-state index in [1.807, 2.05) is 0 Å². The van der Waals surface area contributed by atoms with Gasteiger partial charge in [-0.2, -0.15) is 0 Å². The standard InChI is InChI=1S/C16H10O5/c1-21-16(20)8-6-11-13(12(17)7-8)15(19)10-5-3-2-4-9(10)14(11)18/h2-7,17H,1H3. The van der Waals surface area contributed by atoms with Crippen molar-refractivity contribution in [3.05, 3.63) is 64.2 Å². The van der Waals surface area contributed by atoms with E-state index in [0.717, 1.165) is 6.07 Å². The number of hydrogen-bond donors (Lipinski definition) is 1. The smallest absolute Gasteiger partial charge is 0.338 e. The van der Waals surface area contributed by atoms with Crippen LogP contribution in [0.3, 0.4) is 0 Å². The maximum absolute atomic E-state index is 12.5. The van der Waals surface area contributed by atoms with Gasteiger partial charge in [-0.3, -0.25) is 9.59 Å². The molecular formula is C16H10O5. The van der Waals surface area contributed by atoms with Crippen molar-refractivity contribution in [2.75, 3.05) is 7.11 Å². The summed E-state index contributed by atoms with van der Waals surface area (Å²) in [5.74, 6) is -1.93. The largest absolute Gasteiger partial charge is 0.507 e. The van der Waals surface area contributed by atoms with Crippen molar-refractivity contribution in [3.8, 4) is 5.75 Å². The van der Waals surface area contributed by atoms with Gasteiger partial charge in [0.25, 0.3) is 0 Å². The van der Waals surface area contributed by atoms with E-state index in [4.69, 9.17) is 0 Å². The van der Waals surface area contributed by atoms with Crippen LogP contribution in [0.15, 0.2) is 36.4 Å². The lowest BCUT2D eigenvalue weighted by atomic mass is 9.83. The minimum atomic E-state index is -0.688. The van der Waals surface area contributed by atoms with Gasteiger partial charge in [0.15, 0.2) is 11.6 Å². The Morgan fingerprint density at radius 2 is 1.62 bits per heavy atom. The molecule has 0 aromatic heterocycles. The summed E-state index contributed by atoms with van der Waals surface area (Å²) in [5, 5.41) is 10.0. The van der Waals surface area contributed by atoms with Crippen LogP contribution in [0, 0.1) is 0 Å². The number of fused-ring (bicyclic) bond motifs is 2. The van der Waals surface area contributed by atoms with Crippen molar-refractivity contribution in [1.29, 1.82) is 0 Å². The summed E-state index contributed by atoms with van der Waals surface area (Å²) in [4.78, 5) is 36.4. The molecule has 3 rings (SSSR count). The zero-order valence-corrected chi connectivity index (χ0v) is 11.0. The van der Waals surface area contributed by atoms with E-state index in [2.05, 4.69) is 4.74 Å². The fourth-order valence-corrected chi connectivity index (χ4v) is 2.44. The number of rotatable bonds is 1. The summed E-state index contributed by atoms with van der Waals surface area (Å²) >= 11 is 0. The van der Waals surface area contributed by atoms with Crippen LogP contribution in [0.5, 0.6) is 5.75 Å². The van der Waals surface area contributed by atoms with E-state index >= 15 is 0 Å². The van der Waals surface area contributed by atoms with Crippen molar-refractivity contribution >= 4 is 17.5 Å². The number of esters is 1. The van der Waals surface area contributed by atoms with E-state index < -0.39 is 23.3 Å². The minimum absolute atomic E-state index is 0.0131. The van der Waals surface area contributed by atoms with Crippen molar-refractivity contribution in [3.63, 3.8) is 0 Å². The second-order valence-electron chi connectivity index (χ2n) is 4.61. The summed E-state index contributed by atoms with van der Waals surface area (Å²) in [6, 6.07) is 8.78. The summed E-state index contributed by atoms with van der Waals surface area (Å²) in [6.07, 6.45) is 0. The highest BCUT2D eigenvalue weighted by molar-refractivity contribution is 6.29. The first-order valence-corrected chi connectivity index (χ1v) is 6.18. The monoisotopic (exact) mass is 282 g/mol. The highest BCUT2D eigenvalue weighted by Crippen LogP contribution is 2.33. The average Bonchev–Trinajstić information content (AvgIpc) is 2.51. The number of methoxy groups -OCH3 is 1. The first-order valence-electron chi connectivity index (χ1n) is 6.18. The molecule has 0 fully saturated rings. The van der Waals surface area contributed by atoms with E-state index in [9.17, 15) is 19.5 Å². The first kappa shape index (κ1) is 13.1. The minimum Gasteiger partial charge on any atom is -0.507 e. The van der Waals surface area contributed by atoms with Gasteiger partial charge in [0.2, 0.25) is 0 Å². The Balaban J connectivity index is 2.28. The molecule has 21 heavy (non-hydrogen) atoms. The highest BCUT2D eigenvalue weighted by atomic mass is 16.5. The van der Waals surface area contributed by atoms with Gasteiger partial charge in [-0.15, -0.1) is 0 Å². The lowest BCUT2D eigenvalue weighted by Crippen LogP contribution is -2.21. The van der Waals surface area contributed by atoms with Crippen LogP contribution in [0.25, 0.3) is 0 Å². The summed E-state index contributed by atoms with van der Waals surface area (Å²) in [7, 11) is 1.20. The molecule has 0 amide bonds. The highest BCUT2D eigenvalue weighted by Gasteiger charge is 2.32. The molecule has 5 nitrogen and oxygen atoms in total. The zero-order chi connectivity index (χ0) is 15.1. The molecule has 2 aromatic rings. The Hall–Kier alpha value is -2.95. The molecule has 1 aliphatic carbocycles. The molecule has 0 saturated carbocycles. The summed E-state index contributed by atoms with van der Waals surface area (Å²) in [6.45, 7) is 0. The van der Waals surface area contributed by atoms with Crippen LogP contribution >= 0.6 is 0 Å². The van der Waals surface area contributed by atoms with Gasteiger partial charge in [0, 0.05) is 16.7 Å². The van der Waals surface area contributed by atoms with Crippen LogP contribution in [0.1, 0.15) is 42.2 Å². The maximum atomic E-state index is 12.5. The molecule has 2 aromatic carbocycles. The van der Waals surface area contributed by atoms with Crippen LogP contribution in [-0.2, 0) is 4.74 Å². The molecule has 0 heterocycles. The Morgan fingerprint density at radius 3 is 2.24 bits per heavy atom. The number of hydrogen-bond acceptors (Lipinski definition) is 5. The Labute approximate surface area is 119 Å². The van der Waals surface area contributed by atoms with E-state index in [0.29, 0.717) is 0 Å². The predicted molar refractivity (Wildman–Crippen MR) is 72.8 cm³/mol. The van der Waals surface area contributed by atoms with E-state index in [-0.39, 0.29) is 27.8 Å². The molecule has 5 heteroatoms. The first-order chi connectivity index (χ1) is 10.0. The lowest BCUT2D eigenvalue weighted by Gasteiger charge is -2.18. The molecule has 0 saturated heterocycles. The van der Waals surface area contributed by atoms with Gasteiger partial charge in [0.05, 0.1) is 18.2 Å². The van der Waals surface area contributed by atoms with Crippen LogP contribution in [0.2, 0.25) is 0 Å². The number of phenolic OH excluding ortho intramolecular Hbond substituents is 1. The Morgan fingerprint density at radius 1 is 1.00 bits per heavy atom. The average molecular weight is 282 g/mol. The summed E-state index contributed by atoms with van der Waals surface area (Å²) in [5.41, 5.74) is 0.465. The quantitative estimate of drug-likeness (QED) is 0.690. The fraction of sp³-hybridized carbons (Fsp3) is 0.0625. The third kappa shape index (κ3) is 1.82. The number of ketones is 2. The molecule has 0 bridgehead atoms. The van der Waals surface area contributed by atoms with Gasteiger partial charge in [-0.25, -0.2) is 4.79 Å². The van der Waals surface area contributed by atoms with E-state index in [1.54, 1.807) is 18.2 Å². The summed E-state index contributed by atoms with van der Waals surface area (Å²) < 4.78 is 4.57. The zero-order valence-electron chi connectivity index (χ0n) is 11.0. The lowest BCUT2D eigenvalue weighted by molar-refractivity contribution is 0.0600. The Bertz CT molecular complexity index is 804. The fourth-order valence-electron chi connectivity index (χ4n) is 2.44. The van der Waals surface area contributed by atoms with Crippen molar-refractivity contribution in [2.45, 2.75) is 0 Å². The van der Waals surface area contributed by atoms with Crippen LogP contribution in [-0.4, -0.2) is 29.8 Å². The SMILES string of the molecule is COC(=O)c1cc(O)c2c(c1)C(=O)c1ccccc1C2=O. The number of carbonyl (C=O) groups is 3.